The van der Waals surface area contributed by atoms with Crippen LogP contribution in [0, 0.1) is 0 Å². The van der Waals surface area contributed by atoms with Crippen molar-refractivity contribution in [2.24, 2.45) is 5.73 Å². The molecule has 3 rings (SSSR count). The van der Waals surface area contributed by atoms with E-state index in [-0.39, 0.29) is 11.6 Å². The summed E-state index contributed by atoms with van der Waals surface area (Å²) in [4.78, 5) is 20.0. The van der Waals surface area contributed by atoms with Crippen molar-refractivity contribution < 1.29 is 9.53 Å². The van der Waals surface area contributed by atoms with Gasteiger partial charge in [0.1, 0.15) is 0 Å². The van der Waals surface area contributed by atoms with Gasteiger partial charge in [0.25, 0.3) is 0 Å². The average Bonchev–Trinajstić information content (AvgIpc) is 2.95. The first-order valence-corrected chi connectivity index (χ1v) is 7.69. The van der Waals surface area contributed by atoms with Gasteiger partial charge in [-0.15, -0.1) is 11.3 Å². The van der Waals surface area contributed by atoms with Gasteiger partial charge in [0.05, 0.1) is 23.9 Å². The van der Waals surface area contributed by atoms with Crippen LogP contribution in [0.25, 0.3) is 0 Å². The molecule has 1 aromatic rings. The number of carbonyl (C=O) groups excluding carboxylic acids is 1. The van der Waals surface area contributed by atoms with Crippen LogP contribution in [0.3, 0.4) is 0 Å². The Balaban J connectivity index is 1.82. The van der Waals surface area contributed by atoms with Crippen LogP contribution in [0.5, 0.6) is 0 Å². The molecule has 0 amide bonds. The number of thiazole rings is 1. The Kier molecular flexibility index (Phi) is 3.53. The number of hydrogen-bond acceptors (Lipinski definition) is 7. The lowest BCUT2D eigenvalue weighted by atomic mass is 10.2. The Bertz CT molecular complexity index is 500. The second kappa shape index (κ2) is 5.07. The Hall–Kier alpha value is -1.02. The highest BCUT2D eigenvalue weighted by molar-refractivity contribution is 7.13. The lowest BCUT2D eigenvalue weighted by molar-refractivity contribution is -0.117. The first-order valence-electron chi connectivity index (χ1n) is 6.81. The third kappa shape index (κ3) is 2.14. The number of nitrogens with two attached hydrogens (primary N) is 1. The minimum atomic E-state index is -0.558. The molecule has 2 heterocycles. The van der Waals surface area contributed by atoms with E-state index in [1.165, 1.54) is 0 Å². The number of aldehydes is 1. The highest BCUT2D eigenvalue weighted by Crippen LogP contribution is 2.50. The van der Waals surface area contributed by atoms with Gasteiger partial charge < -0.3 is 15.4 Å². The molecule has 1 saturated carbocycles. The topological polar surface area (TPSA) is 71.7 Å². The number of aromatic nitrogens is 1. The molecule has 1 aliphatic carbocycles. The molecule has 0 aromatic carbocycles. The van der Waals surface area contributed by atoms with Crippen LogP contribution >= 0.6 is 11.3 Å². The fourth-order valence-electron chi connectivity index (χ4n) is 2.72. The van der Waals surface area contributed by atoms with E-state index in [0.717, 1.165) is 30.0 Å². The van der Waals surface area contributed by atoms with Crippen LogP contribution in [0.15, 0.2) is 5.38 Å². The van der Waals surface area contributed by atoms with E-state index in [2.05, 4.69) is 24.4 Å². The van der Waals surface area contributed by atoms with Crippen molar-refractivity contribution >= 4 is 22.8 Å². The number of rotatable bonds is 5. The molecule has 20 heavy (non-hydrogen) atoms. The van der Waals surface area contributed by atoms with Gasteiger partial charge in [-0.1, -0.05) is 0 Å². The monoisotopic (exact) mass is 296 g/mol. The number of hydrogen-bond donors (Lipinski definition) is 1. The summed E-state index contributed by atoms with van der Waals surface area (Å²) in [6, 6.07) is 0. The third-order valence-corrected chi connectivity index (χ3v) is 5.09. The van der Waals surface area contributed by atoms with E-state index in [1.807, 2.05) is 4.90 Å². The molecular weight excluding hydrogens is 276 g/mol. The Morgan fingerprint density at radius 2 is 2.40 bits per heavy atom. The third-order valence-electron chi connectivity index (χ3n) is 4.21. The predicted molar refractivity (Wildman–Crippen MR) is 77.8 cm³/mol. The number of anilines is 1. The molecule has 2 aliphatic rings. The van der Waals surface area contributed by atoms with Crippen molar-refractivity contribution in [2.75, 3.05) is 32.1 Å². The first kappa shape index (κ1) is 13.9. The second-order valence-electron chi connectivity index (χ2n) is 5.61. The molecule has 110 valence electrons. The molecule has 2 N–H and O–H groups in total. The standard InChI is InChI=1S/C13H20N4O2S/c1-16(2)13(3-4-13)10-8-20-12(15-10)17-6-9(5-14)19-11(17)7-18/h7-9,11H,3-6,14H2,1-2H3. The lowest BCUT2D eigenvalue weighted by Crippen LogP contribution is -2.32. The zero-order valence-corrected chi connectivity index (χ0v) is 12.6. The quantitative estimate of drug-likeness (QED) is 0.792. The molecule has 0 spiro atoms. The van der Waals surface area contributed by atoms with Crippen molar-refractivity contribution in [3.63, 3.8) is 0 Å². The van der Waals surface area contributed by atoms with Crippen LogP contribution < -0.4 is 10.6 Å². The van der Waals surface area contributed by atoms with Crippen molar-refractivity contribution in [1.29, 1.82) is 0 Å². The van der Waals surface area contributed by atoms with Gasteiger partial charge in [-0.3, -0.25) is 9.69 Å². The highest BCUT2D eigenvalue weighted by atomic mass is 32.1. The molecule has 2 unspecified atom stereocenters. The van der Waals surface area contributed by atoms with Crippen LogP contribution in [-0.4, -0.2) is 55.7 Å². The fourth-order valence-corrected chi connectivity index (χ4v) is 3.67. The van der Waals surface area contributed by atoms with Crippen LogP contribution in [0.2, 0.25) is 0 Å². The molecule has 2 fully saturated rings. The molecule has 2 atom stereocenters. The van der Waals surface area contributed by atoms with Crippen LogP contribution in [0.1, 0.15) is 18.5 Å². The molecule has 1 aromatic heterocycles. The summed E-state index contributed by atoms with van der Waals surface area (Å²) in [6.45, 7) is 1.04. The summed E-state index contributed by atoms with van der Waals surface area (Å²) in [6.07, 6.45) is 2.44. The molecule has 1 aliphatic heterocycles. The van der Waals surface area contributed by atoms with Crippen molar-refractivity contribution in [3.05, 3.63) is 11.1 Å². The van der Waals surface area contributed by atoms with Gasteiger partial charge in [-0.05, 0) is 26.9 Å². The summed E-state index contributed by atoms with van der Waals surface area (Å²) in [5.41, 5.74) is 6.82. The molecule has 0 bridgehead atoms. The van der Waals surface area contributed by atoms with E-state index < -0.39 is 6.23 Å². The zero-order valence-electron chi connectivity index (χ0n) is 11.8. The molecule has 7 heteroatoms. The van der Waals surface area contributed by atoms with Gasteiger partial charge in [-0.2, -0.15) is 0 Å². The van der Waals surface area contributed by atoms with Gasteiger partial charge >= 0.3 is 0 Å². The normalized spacial score (nSPS) is 28.1. The maximum Gasteiger partial charge on any atom is 0.189 e. The second-order valence-corrected chi connectivity index (χ2v) is 6.45. The van der Waals surface area contributed by atoms with E-state index in [0.29, 0.717) is 13.1 Å². The summed E-state index contributed by atoms with van der Waals surface area (Å²) in [5, 5.41) is 2.95. The number of nitrogens with zero attached hydrogens (tertiary/aromatic N) is 3. The minimum Gasteiger partial charge on any atom is -0.345 e. The summed E-state index contributed by atoms with van der Waals surface area (Å²) >= 11 is 1.57. The summed E-state index contributed by atoms with van der Waals surface area (Å²) in [7, 11) is 4.17. The van der Waals surface area contributed by atoms with Crippen LogP contribution in [-0.2, 0) is 15.1 Å². The fraction of sp³-hybridized carbons (Fsp3) is 0.692. The lowest BCUT2D eigenvalue weighted by Gasteiger charge is -2.22. The van der Waals surface area contributed by atoms with Gasteiger partial charge in [0.2, 0.25) is 0 Å². The van der Waals surface area contributed by atoms with Gasteiger partial charge in [0, 0.05) is 11.9 Å². The molecule has 6 nitrogen and oxygen atoms in total. The smallest absolute Gasteiger partial charge is 0.189 e. The van der Waals surface area contributed by atoms with Crippen LogP contribution in [0.4, 0.5) is 5.13 Å². The van der Waals surface area contributed by atoms with Crippen molar-refractivity contribution in [2.45, 2.75) is 30.7 Å². The summed E-state index contributed by atoms with van der Waals surface area (Å²) in [5.74, 6) is 0. The number of ether oxygens (including phenoxy) is 1. The SMILES string of the molecule is CN(C)C1(c2csc(N3CC(CN)OC3C=O)n2)CC1. The van der Waals surface area contributed by atoms with E-state index in [1.54, 1.807) is 11.3 Å². The molecular formula is C13H20N4O2S. The van der Waals surface area contributed by atoms with E-state index in [9.17, 15) is 4.79 Å². The van der Waals surface area contributed by atoms with E-state index >= 15 is 0 Å². The maximum absolute atomic E-state index is 11.1. The molecule has 1 saturated heterocycles. The van der Waals surface area contributed by atoms with E-state index in [4.69, 9.17) is 15.5 Å². The zero-order chi connectivity index (χ0) is 14.3. The Morgan fingerprint density at radius 1 is 1.65 bits per heavy atom. The van der Waals surface area contributed by atoms with Crippen molar-refractivity contribution in [3.8, 4) is 0 Å². The maximum atomic E-state index is 11.1. The average molecular weight is 296 g/mol. The summed E-state index contributed by atoms with van der Waals surface area (Å²) < 4.78 is 5.57. The largest absolute Gasteiger partial charge is 0.345 e. The Labute approximate surface area is 122 Å². The first-order chi connectivity index (χ1) is 9.60. The van der Waals surface area contributed by atoms with Gasteiger partial charge in [0.15, 0.2) is 17.6 Å². The van der Waals surface area contributed by atoms with Gasteiger partial charge in [-0.25, -0.2) is 4.98 Å². The van der Waals surface area contributed by atoms with Crippen molar-refractivity contribution in [1.82, 2.24) is 9.88 Å². The Morgan fingerprint density at radius 3 is 2.95 bits per heavy atom. The minimum absolute atomic E-state index is 0.0960. The number of carbonyl (C=O) groups is 1. The predicted octanol–water partition coefficient (Wildman–Crippen LogP) is 0.383. The highest BCUT2D eigenvalue weighted by Gasteiger charge is 2.48. The molecule has 0 radical (unpaired) electrons.